The van der Waals surface area contributed by atoms with Crippen LogP contribution in [0.25, 0.3) is 0 Å². The van der Waals surface area contributed by atoms with Crippen LogP contribution in [0, 0.1) is 0 Å². The number of hydrogen-bond acceptors (Lipinski definition) is 5. The van der Waals surface area contributed by atoms with E-state index >= 15 is 0 Å². The highest BCUT2D eigenvalue weighted by molar-refractivity contribution is 5.70. The molecule has 0 fully saturated rings. The lowest BCUT2D eigenvalue weighted by Gasteiger charge is -2.15. The second-order valence-electron chi connectivity index (χ2n) is 18.6. The molecule has 0 aromatic heterocycles. The molecule has 1 atom stereocenters. The van der Waals surface area contributed by atoms with Crippen molar-refractivity contribution in [1.29, 1.82) is 0 Å². The van der Waals surface area contributed by atoms with Gasteiger partial charge in [-0.25, -0.2) is 0 Å². The van der Waals surface area contributed by atoms with Gasteiger partial charge in [-0.15, -0.1) is 0 Å². The Balaban J connectivity index is 3.51. The predicted octanol–water partition coefficient (Wildman–Crippen LogP) is 19.5. The largest absolute Gasteiger partial charge is 0.462 e. The Hall–Kier alpha value is -3.70. The lowest BCUT2D eigenvalue weighted by Crippen LogP contribution is -2.28. The van der Waals surface area contributed by atoms with Crippen molar-refractivity contribution in [1.82, 2.24) is 0 Å². The molecule has 5 nitrogen and oxygen atoms in total. The highest BCUT2D eigenvalue weighted by Crippen LogP contribution is 2.15. The SMILES string of the molecule is CC/C=C\C/C=C\C/C=C\C/C=C\C/C=C\C/C=C\C/C=C\C/C=C\CCCCCCCCCCCCCCCCCCC(=O)OC(CO)COC(=O)CCCCCCC/C=C\C/C=C\CCCC. The van der Waals surface area contributed by atoms with Gasteiger partial charge in [-0.05, 0) is 103 Å². The van der Waals surface area contributed by atoms with Gasteiger partial charge < -0.3 is 14.6 Å². The lowest BCUT2D eigenvalue weighted by molar-refractivity contribution is -0.161. The standard InChI is InChI=1S/C64H106O5/c1-3-5-7-9-11-13-15-17-19-20-21-22-23-24-25-26-27-28-29-30-31-32-33-34-35-36-37-38-39-40-41-42-43-44-45-47-49-51-53-55-57-59-64(67)69-62(60-65)61-68-63(66)58-56-54-52-50-48-46-18-16-14-12-10-8-6-4-2/h5,7,10-13,16-19,21-22,24-25,27-28,30-31,33-34,62,65H,3-4,6,8-9,14-15,20,23,26,29,32,35-61H2,1-2H3/b7-5-,12-10-,13-11-,18-16-,19-17-,22-21-,25-24-,28-27-,31-30-,34-33-. The smallest absolute Gasteiger partial charge is 0.306 e. The van der Waals surface area contributed by atoms with Crippen LogP contribution in [0.4, 0.5) is 0 Å². The van der Waals surface area contributed by atoms with Crippen LogP contribution in [0.15, 0.2) is 122 Å². The van der Waals surface area contributed by atoms with Crippen LogP contribution < -0.4 is 0 Å². The van der Waals surface area contributed by atoms with Crippen LogP contribution in [0.3, 0.4) is 0 Å². The van der Waals surface area contributed by atoms with Gasteiger partial charge in [0.15, 0.2) is 6.10 Å². The maximum absolute atomic E-state index is 12.3. The number of hydrogen-bond donors (Lipinski definition) is 1. The summed E-state index contributed by atoms with van der Waals surface area (Å²) in [6.45, 7) is 3.97. The Kier molecular flexibility index (Phi) is 55.5. The number of aliphatic hydroxyl groups excluding tert-OH is 1. The van der Waals surface area contributed by atoms with Gasteiger partial charge in [0.05, 0.1) is 6.61 Å². The zero-order chi connectivity index (χ0) is 49.9. The van der Waals surface area contributed by atoms with Gasteiger partial charge in [0.2, 0.25) is 0 Å². The molecule has 0 aromatic rings. The van der Waals surface area contributed by atoms with Crippen molar-refractivity contribution in [2.45, 2.75) is 258 Å². The first kappa shape index (κ1) is 65.3. The Labute approximate surface area is 426 Å². The molecule has 0 rings (SSSR count). The number of allylic oxidation sites excluding steroid dienone is 20. The second kappa shape index (κ2) is 58.6. The van der Waals surface area contributed by atoms with Crippen molar-refractivity contribution in [2.24, 2.45) is 0 Å². The molecule has 0 spiro atoms. The molecule has 392 valence electrons. The summed E-state index contributed by atoms with van der Waals surface area (Å²) in [5.41, 5.74) is 0. The van der Waals surface area contributed by atoms with E-state index in [1.54, 1.807) is 0 Å². The fourth-order valence-electron chi connectivity index (χ4n) is 7.71. The summed E-state index contributed by atoms with van der Waals surface area (Å²) >= 11 is 0. The topological polar surface area (TPSA) is 72.8 Å². The second-order valence-corrected chi connectivity index (χ2v) is 18.6. The molecule has 0 aromatic carbocycles. The van der Waals surface area contributed by atoms with E-state index in [9.17, 15) is 14.7 Å². The first-order valence-electron chi connectivity index (χ1n) is 28.6. The van der Waals surface area contributed by atoms with Crippen LogP contribution in [0.1, 0.15) is 251 Å². The molecule has 0 radical (unpaired) electrons. The zero-order valence-electron chi connectivity index (χ0n) is 44.8. The van der Waals surface area contributed by atoms with Crippen molar-refractivity contribution in [3.63, 3.8) is 0 Å². The van der Waals surface area contributed by atoms with Crippen LogP contribution in [-0.4, -0.2) is 36.4 Å². The normalized spacial score (nSPS) is 13.1. The summed E-state index contributed by atoms with van der Waals surface area (Å²) in [4.78, 5) is 24.4. The number of carbonyl (C=O) groups is 2. The highest BCUT2D eigenvalue weighted by Gasteiger charge is 2.16. The predicted molar refractivity (Wildman–Crippen MR) is 302 cm³/mol. The first-order chi connectivity index (χ1) is 34.1. The first-order valence-corrected chi connectivity index (χ1v) is 28.6. The molecule has 0 bridgehead atoms. The van der Waals surface area contributed by atoms with Gasteiger partial charge in [0.1, 0.15) is 6.61 Å². The molecule has 0 aliphatic heterocycles. The van der Waals surface area contributed by atoms with Crippen LogP contribution >= 0.6 is 0 Å². The van der Waals surface area contributed by atoms with E-state index < -0.39 is 6.10 Å². The van der Waals surface area contributed by atoms with Crippen molar-refractivity contribution in [3.8, 4) is 0 Å². The minimum absolute atomic E-state index is 0.0764. The molecule has 0 amide bonds. The Morgan fingerprint density at radius 2 is 0.623 bits per heavy atom. The maximum atomic E-state index is 12.3. The third kappa shape index (κ3) is 56.8. The Morgan fingerprint density at radius 3 is 0.942 bits per heavy atom. The molecule has 1 unspecified atom stereocenters. The number of esters is 2. The van der Waals surface area contributed by atoms with E-state index in [1.807, 2.05) is 0 Å². The van der Waals surface area contributed by atoms with Gasteiger partial charge >= 0.3 is 11.9 Å². The van der Waals surface area contributed by atoms with E-state index in [0.29, 0.717) is 12.8 Å². The molecular weight excluding hydrogens is 849 g/mol. The van der Waals surface area contributed by atoms with Gasteiger partial charge in [0, 0.05) is 12.8 Å². The van der Waals surface area contributed by atoms with Gasteiger partial charge in [0.25, 0.3) is 0 Å². The third-order valence-corrected chi connectivity index (χ3v) is 12.0. The van der Waals surface area contributed by atoms with Crippen molar-refractivity contribution < 1.29 is 24.2 Å². The van der Waals surface area contributed by atoms with E-state index in [1.165, 1.54) is 122 Å². The van der Waals surface area contributed by atoms with Crippen LogP contribution in [0.2, 0.25) is 0 Å². The fraction of sp³-hybridized carbons (Fsp3) is 0.656. The van der Waals surface area contributed by atoms with Gasteiger partial charge in [-0.3, -0.25) is 9.59 Å². The van der Waals surface area contributed by atoms with Gasteiger partial charge in [-0.2, -0.15) is 0 Å². The number of aliphatic hydroxyl groups is 1. The molecule has 1 N–H and O–H groups in total. The summed E-state index contributed by atoms with van der Waals surface area (Å²) < 4.78 is 10.7. The molecule has 69 heavy (non-hydrogen) atoms. The monoisotopic (exact) mass is 955 g/mol. The minimum Gasteiger partial charge on any atom is -0.462 e. The molecule has 0 saturated heterocycles. The van der Waals surface area contributed by atoms with E-state index in [4.69, 9.17) is 9.47 Å². The highest BCUT2D eigenvalue weighted by atomic mass is 16.6. The molecular formula is C64H106O5. The summed E-state index contributed by atoms with van der Waals surface area (Å²) in [5.74, 6) is -0.608. The van der Waals surface area contributed by atoms with Crippen molar-refractivity contribution >= 4 is 11.9 Å². The average Bonchev–Trinajstić information content (AvgIpc) is 3.35. The van der Waals surface area contributed by atoms with E-state index in [-0.39, 0.29) is 25.2 Å². The number of rotatable bonds is 51. The lowest BCUT2D eigenvalue weighted by atomic mass is 10.0. The fourth-order valence-corrected chi connectivity index (χ4v) is 7.71. The molecule has 0 saturated carbocycles. The minimum atomic E-state index is -0.783. The van der Waals surface area contributed by atoms with Gasteiger partial charge in [-0.1, -0.05) is 257 Å². The van der Waals surface area contributed by atoms with Crippen molar-refractivity contribution in [2.75, 3.05) is 13.2 Å². The van der Waals surface area contributed by atoms with Crippen LogP contribution in [-0.2, 0) is 19.1 Å². The third-order valence-electron chi connectivity index (χ3n) is 12.0. The Bertz CT molecular complexity index is 1400. The molecule has 0 aliphatic rings. The number of carbonyl (C=O) groups excluding carboxylic acids is 2. The maximum Gasteiger partial charge on any atom is 0.306 e. The summed E-state index contributed by atoms with van der Waals surface area (Å²) in [6, 6.07) is 0. The molecule has 5 heteroatoms. The Morgan fingerprint density at radius 1 is 0.348 bits per heavy atom. The summed E-state index contributed by atoms with van der Waals surface area (Å²) in [7, 11) is 0. The molecule has 0 aliphatic carbocycles. The quantitative estimate of drug-likeness (QED) is 0.0374. The molecule has 0 heterocycles. The van der Waals surface area contributed by atoms with Crippen molar-refractivity contribution in [3.05, 3.63) is 122 Å². The summed E-state index contributed by atoms with van der Waals surface area (Å²) in [5, 5.41) is 9.62. The average molecular weight is 956 g/mol. The number of ether oxygens (including phenoxy) is 2. The zero-order valence-corrected chi connectivity index (χ0v) is 44.8. The summed E-state index contributed by atoms with van der Waals surface area (Å²) in [6.07, 6.45) is 86.1. The number of unbranched alkanes of at least 4 members (excludes halogenated alkanes) is 23. The van der Waals surface area contributed by atoms with E-state index in [2.05, 4.69) is 135 Å². The van der Waals surface area contributed by atoms with Crippen LogP contribution in [0.5, 0.6) is 0 Å². The van der Waals surface area contributed by atoms with E-state index in [0.717, 1.165) is 103 Å².